The zero-order valence-corrected chi connectivity index (χ0v) is 14.0. The van der Waals surface area contributed by atoms with Crippen molar-refractivity contribution >= 4 is 11.6 Å². The maximum atomic E-state index is 12.4. The van der Waals surface area contributed by atoms with Crippen LogP contribution in [0.4, 0.5) is 5.69 Å². The normalized spacial score (nSPS) is 10.1. The van der Waals surface area contributed by atoms with E-state index in [4.69, 9.17) is 14.7 Å². The third-order valence-electron chi connectivity index (χ3n) is 3.28. The van der Waals surface area contributed by atoms with Crippen LogP contribution in [-0.2, 0) is 6.42 Å². The van der Waals surface area contributed by atoms with Gasteiger partial charge in [0, 0.05) is 11.3 Å². The molecule has 0 saturated heterocycles. The summed E-state index contributed by atoms with van der Waals surface area (Å²) in [7, 11) is 1.54. The van der Waals surface area contributed by atoms with Crippen LogP contribution in [0.1, 0.15) is 29.8 Å². The number of ether oxygens (including phenoxy) is 2. The molecule has 1 N–H and O–H groups in total. The van der Waals surface area contributed by atoms with E-state index in [1.807, 2.05) is 26.0 Å². The summed E-state index contributed by atoms with van der Waals surface area (Å²) in [6, 6.07) is 14.3. The molecule has 0 aliphatic heterocycles. The van der Waals surface area contributed by atoms with Crippen LogP contribution in [0.25, 0.3) is 0 Å². The Morgan fingerprint density at radius 2 is 1.88 bits per heavy atom. The van der Waals surface area contributed by atoms with Crippen molar-refractivity contribution in [3.63, 3.8) is 0 Å². The molecular formula is C19H20N2O3. The second-order valence-corrected chi connectivity index (χ2v) is 5.52. The van der Waals surface area contributed by atoms with Gasteiger partial charge in [-0.2, -0.15) is 5.26 Å². The predicted octanol–water partition coefficient (Wildman–Crippen LogP) is 3.80. The van der Waals surface area contributed by atoms with Gasteiger partial charge in [-0.05, 0) is 49.7 Å². The standard InChI is InChI=1S/C19H20N2O3/c1-13(2)24-17-9-6-15(12-18(17)23-3)19(22)21-16-7-4-14(5-8-16)10-11-20/h4-9,12-13H,10H2,1-3H3,(H,21,22). The van der Waals surface area contributed by atoms with E-state index >= 15 is 0 Å². The van der Waals surface area contributed by atoms with Crippen LogP contribution in [0, 0.1) is 11.3 Å². The minimum Gasteiger partial charge on any atom is -0.493 e. The molecule has 0 heterocycles. The maximum absolute atomic E-state index is 12.4. The molecule has 2 aromatic rings. The summed E-state index contributed by atoms with van der Waals surface area (Å²) < 4.78 is 10.9. The number of rotatable bonds is 6. The second-order valence-electron chi connectivity index (χ2n) is 5.52. The number of carbonyl (C=O) groups excluding carboxylic acids is 1. The molecule has 0 unspecified atom stereocenters. The van der Waals surface area contributed by atoms with Gasteiger partial charge in [0.15, 0.2) is 11.5 Å². The second kappa shape index (κ2) is 8.02. The van der Waals surface area contributed by atoms with Crippen LogP contribution in [0.15, 0.2) is 42.5 Å². The summed E-state index contributed by atoms with van der Waals surface area (Å²) in [5.41, 5.74) is 2.06. The highest BCUT2D eigenvalue weighted by molar-refractivity contribution is 6.04. The highest BCUT2D eigenvalue weighted by Gasteiger charge is 2.12. The molecule has 0 aromatic heterocycles. The number of carbonyl (C=O) groups is 1. The Kier molecular flexibility index (Phi) is 5.80. The zero-order valence-electron chi connectivity index (χ0n) is 14.0. The number of nitrogens with zero attached hydrogens (tertiary/aromatic N) is 1. The largest absolute Gasteiger partial charge is 0.493 e. The monoisotopic (exact) mass is 324 g/mol. The van der Waals surface area contributed by atoms with Crippen molar-refractivity contribution in [2.75, 3.05) is 12.4 Å². The van der Waals surface area contributed by atoms with E-state index in [9.17, 15) is 4.79 Å². The van der Waals surface area contributed by atoms with Gasteiger partial charge in [0.2, 0.25) is 0 Å². The fourth-order valence-corrected chi connectivity index (χ4v) is 2.16. The van der Waals surface area contributed by atoms with Crippen LogP contribution >= 0.6 is 0 Å². The molecule has 24 heavy (non-hydrogen) atoms. The van der Waals surface area contributed by atoms with Crippen molar-refractivity contribution in [3.8, 4) is 17.6 Å². The maximum Gasteiger partial charge on any atom is 0.255 e. The van der Waals surface area contributed by atoms with E-state index in [0.717, 1.165) is 5.56 Å². The molecule has 0 bridgehead atoms. The van der Waals surface area contributed by atoms with Crippen molar-refractivity contribution in [2.45, 2.75) is 26.4 Å². The van der Waals surface area contributed by atoms with Gasteiger partial charge in [-0.1, -0.05) is 12.1 Å². The van der Waals surface area contributed by atoms with Crippen LogP contribution in [0.3, 0.4) is 0 Å². The van der Waals surface area contributed by atoms with E-state index in [2.05, 4.69) is 11.4 Å². The number of amides is 1. The van der Waals surface area contributed by atoms with Crippen molar-refractivity contribution in [1.82, 2.24) is 0 Å². The van der Waals surface area contributed by atoms with E-state index in [0.29, 0.717) is 29.2 Å². The lowest BCUT2D eigenvalue weighted by atomic mass is 10.1. The Morgan fingerprint density at radius 3 is 2.46 bits per heavy atom. The Balaban J connectivity index is 2.13. The fraction of sp³-hybridized carbons (Fsp3) is 0.263. The Bertz CT molecular complexity index is 746. The summed E-state index contributed by atoms with van der Waals surface area (Å²) in [5.74, 6) is 0.878. The lowest BCUT2D eigenvalue weighted by molar-refractivity contribution is 0.102. The first-order valence-corrected chi connectivity index (χ1v) is 7.65. The molecule has 0 aliphatic rings. The quantitative estimate of drug-likeness (QED) is 0.877. The lowest BCUT2D eigenvalue weighted by Crippen LogP contribution is -2.13. The molecule has 5 nitrogen and oxygen atoms in total. The molecule has 0 atom stereocenters. The Morgan fingerprint density at radius 1 is 1.17 bits per heavy atom. The van der Waals surface area contributed by atoms with Gasteiger partial charge in [0.25, 0.3) is 5.91 Å². The van der Waals surface area contributed by atoms with Crippen molar-refractivity contribution < 1.29 is 14.3 Å². The number of nitrogens with one attached hydrogen (secondary N) is 1. The SMILES string of the molecule is COc1cc(C(=O)Nc2ccc(CC#N)cc2)ccc1OC(C)C. The minimum atomic E-state index is -0.238. The first-order chi connectivity index (χ1) is 11.5. The van der Waals surface area contributed by atoms with Crippen LogP contribution < -0.4 is 14.8 Å². The molecule has 0 aliphatic carbocycles. The van der Waals surface area contributed by atoms with Crippen molar-refractivity contribution in [3.05, 3.63) is 53.6 Å². The third kappa shape index (κ3) is 4.50. The minimum absolute atomic E-state index is 0.0190. The Hall–Kier alpha value is -3.00. The third-order valence-corrected chi connectivity index (χ3v) is 3.28. The summed E-state index contributed by atoms with van der Waals surface area (Å²) in [6.45, 7) is 3.85. The lowest BCUT2D eigenvalue weighted by Gasteiger charge is -2.14. The van der Waals surface area contributed by atoms with Crippen molar-refractivity contribution in [2.24, 2.45) is 0 Å². The average molecular weight is 324 g/mol. The molecular weight excluding hydrogens is 304 g/mol. The van der Waals surface area contributed by atoms with Gasteiger partial charge in [-0.25, -0.2) is 0 Å². The number of hydrogen-bond donors (Lipinski definition) is 1. The Labute approximate surface area is 141 Å². The predicted molar refractivity (Wildman–Crippen MR) is 92.5 cm³/mol. The number of benzene rings is 2. The fourth-order valence-electron chi connectivity index (χ4n) is 2.16. The highest BCUT2D eigenvalue weighted by atomic mass is 16.5. The van der Waals surface area contributed by atoms with Gasteiger partial charge in [-0.15, -0.1) is 0 Å². The van der Waals surface area contributed by atoms with Gasteiger partial charge >= 0.3 is 0 Å². The molecule has 0 fully saturated rings. The molecule has 0 spiro atoms. The van der Waals surface area contributed by atoms with Crippen LogP contribution in [0.5, 0.6) is 11.5 Å². The van der Waals surface area contributed by atoms with Gasteiger partial charge in [0.05, 0.1) is 25.7 Å². The van der Waals surface area contributed by atoms with E-state index in [1.165, 1.54) is 7.11 Å². The van der Waals surface area contributed by atoms with Crippen molar-refractivity contribution in [1.29, 1.82) is 5.26 Å². The summed E-state index contributed by atoms with van der Waals surface area (Å²) in [5, 5.41) is 11.5. The average Bonchev–Trinajstić information content (AvgIpc) is 2.56. The number of hydrogen-bond acceptors (Lipinski definition) is 4. The van der Waals surface area contributed by atoms with E-state index < -0.39 is 0 Å². The van der Waals surface area contributed by atoms with Gasteiger partial charge < -0.3 is 14.8 Å². The van der Waals surface area contributed by atoms with Gasteiger partial charge in [-0.3, -0.25) is 4.79 Å². The molecule has 0 radical (unpaired) electrons. The summed E-state index contributed by atoms with van der Waals surface area (Å²) in [6.07, 6.45) is 0.369. The number of methoxy groups -OCH3 is 1. The van der Waals surface area contributed by atoms with Crippen LogP contribution in [-0.4, -0.2) is 19.1 Å². The topological polar surface area (TPSA) is 71.3 Å². The van der Waals surface area contributed by atoms with E-state index in [-0.39, 0.29) is 12.0 Å². The van der Waals surface area contributed by atoms with Gasteiger partial charge in [0.1, 0.15) is 0 Å². The first-order valence-electron chi connectivity index (χ1n) is 7.65. The summed E-state index contributed by atoms with van der Waals surface area (Å²) >= 11 is 0. The molecule has 5 heteroatoms. The molecule has 2 rings (SSSR count). The number of nitriles is 1. The van der Waals surface area contributed by atoms with Crippen LogP contribution in [0.2, 0.25) is 0 Å². The molecule has 2 aromatic carbocycles. The molecule has 124 valence electrons. The first kappa shape index (κ1) is 17.4. The highest BCUT2D eigenvalue weighted by Crippen LogP contribution is 2.29. The smallest absolute Gasteiger partial charge is 0.255 e. The molecule has 0 saturated carbocycles. The van der Waals surface area contributed by atoms with E-state index in [1.54, 1.807) is 30.3 Å². The zero-order chi connectivity index (χ0) is 17.5. The molecule has 1 amide bonds. The summed E-state index contributed by atoms with van der Waals surface area (Å²) in [4.78, 5) is 12.4. The number of anilines is 1.